The molecular formula is C15H23N5O. The van der Waals surface area contributed by atoms with Gasteiger partial charge in [0.1, 0.15) is 0 Å². The monoisotopic (exact) mass is 289 g/mol. The van der Waals surface area contributed by atoms with Gasteiger partial charge in [-0.15, -0.1) is 0 Å². The molecule has 0 unspecified atom stereocenters. The first-order chi connectivity index (χ1) is 10.0. The van der Waals surface area contributed by atoms with Crippen LogP contribution >= 0.6 is 0 Å². The summed E-state index contributed by atoms with van der Waals surface area (Å²) < 4.78 is 1.85. The Hall–Kier alpha value is -2.11. The quantitative estimate of drug-likeness (QED) is 0.856. The van der Waals surface area contributed by atoms with E-state index in [1.54, 1.807) is 0 Å². The zero-order valence-corrected chi connectivity index (χ0v) is 13.2. The lowest BCUT2D eigenvalue weighted by Gasteiger charge is -2.03. The normalized spacial score (nSPS) is 10.9. The van der Waals surface area contributed by atoms with Gasteiger partial charge in [-0.3, -0.25) is 14.6 Å². The number of carbonyl (C=O) groups excluding carboxylic acids is 1. The lowest BCUT2D eigenvalue weighted by molar-refractivity contribution is -0.116. The van der Waals surface area contributed by atoms with Gasteiger partial charge in [0.05, 0.1) is 5.69 Å². The van der Waals surface area contributed by atoms with Crippen LogP contribution in [0, 0.1) is 13.8 Å². The van der Waals surface area contributed by atoms with Gasteiger partial charge in [0.25, 0.3) is 0 Å². The number of hydrogen-bond acceptors (Lipinski definition) is 3. The molecular weight excluding hydrogens is 266 g/mol. The summed E-state index contributed by atoms with van der Waals surface area (Å²) in [7, 11) is 1.92. The molecule has 1 amide bonds. The van der Waals surface area contributed by atoms with E-state index < -0.39 is 0 Å². The number of carbonyl (C=O) groups is 1. The Balaban J connectivity index is 1.89. The van der Waals surface area contributed by atoms with Crippen LogP contribution in [0.25, 0.3) is 0 Å². The molecule has 2 aromatic heterocycles. The van der Waals surface area contributed by atoms with E-state index in [2.05, 4.69) is 27.5 Å². The number of aromatic amines is 1. The maximum Gasteiger partial charge on any atom is 0.225 e. The summed E-state index contributed by atoms with van der Waals surface area (Å²) in [5.74, 6) is 0.579. The fourth-order valence-electron chi connectivity index (χ4n) is 2.45. The summed E-state index contributed by atoms with van der Waals surface area (Å²) in [5, 5.41) is 14.2. The Labute approximate surface area is 124 Å². The zero-order chi connectivity index (χ0) is 15.4. The third-order valence-corrected chi connectivity index (χ3v) is 3.68. The van der Waals surface area contributed by atoms with Crippen molar-refractivity contribution in [2.24, 2.45) is 7.05 Å². The number of amides is 1. The summed E-state index contributed by atoms with van der Waals surface area (Å²) in [5.41, 5.74) is 4.31. The van der Waals surface area contributed by atoms with Crippen LogP contribution in [0.15, 0.2) is 6.07 Å². The standard InChI is InChI=1S/C15H23N5O/c1-5-6-12-9-14(18-17-12)16-15(21)8-7-13-10(2)19-20(4)11(13)3/h9H,5-8H2,1-4H3,(H2,16,17,18,21). The molecule has 0 saturated heterocycles. The molecule has 0 aromatic carbocycles. The molecule has 0 aliphatic rings. The van der Waals surface area contributed by atoms with Crippen molar-refractivity contribution in [1.82, 2.24) is 20.0 Å². The Bertz CT molecular complexity index is 626. The van der Waals surface area contributed by atoms with Crippen LogP contribution in [-0.2, 0) is 24.7 Å². The smallest absolute Gasteiger partial charge is 0.225 e. The molecule has 2 heterocycles. The minimum atomic E-state index is -0.0211. The predicted molar refractivity (Wildman–Crippen MR) is 82.2 cm³/mol. The van der Waals surface area contributed by atoms with Crippen LogP contribution in [0.2, 0.25) is 0 Å². The number of H-pyrrole nitrogens is 1. The van der Waals surface area contributed by atoms with Crippen LogP contribution in [0.4, 0.5) is 5.82 Å². The van der Waals surface area contributed by atoms with E-state index in [4.69, 9.17) is 0 Å². The summed E-state index contributed by atoms with van der Waals surface area (Å²) in [6, 6.07) is 1.89. The molecule has 21 heavy (non-hydrogen) atoms. The molecule has 0 aliphatic heterocycles. The average molecular weight is 289 g/mol. The molecule has 0 atom stereocenters. The van der Waals surface area contributed by atoms with Crippen LogP contribution in [-0.4, -0.2) is 25.9 Å². The third kappa shape index (κ3) is 3.71. The Morgan fingerprint density at radius 2 is 2.14 bits per heavy atom. The SMILES string of the molecule is CCCc1cc(NC(=O)CCc2c(C)nn(C)c2C)n[nH]1. The van der Waals surface area contributed by atoms with Gasteiger partial charge in [0, 0.05) is 30.9 Å². The average Bonchev–Trinajstić information content (AvgIpc) is 2.95. The summed E-state index contributed by atoms with van der Waals surface area (Å²) in [4.78, 5) is 12.0. The molecule has 0 bridgehead atoms. The number of anilines is 1. The Morgan fingerprint density at radius 1 is 1.38 bits per heavy atom. The van der Waals surface area contributed by atoms with Gasteiger partial charge < -0.3 is 5.32 Å². The van der Waals surface area contributed by atoms with Crippen molar-refractivity contribution in [2.75, 3.05) is 5.32 Å². The van der Waals surface area contributed by atoms with Gasteiger partial charge in [-0.2, -0.15) is 10.2 Å². The molecule has 0 radical (unpaired) electrons. The van der Waals surface area contributed by atoms with Crippen molar-refractivity contribution >= 4 is 11.7 Å². The first-order valence-corrected chi connectivity index (χ1v) is 7.34. The molecule has 114 valence electrons. The van der Waals surface area contributed by atoms with Crippen molar-refractivity contribution in [1.29, 1.82) is 0 Å². The second-order valence-electron chi connectivity index (χ2n) is 5.35. The van der Waals surface area contributed by atoms with Crippen molar-refractivity contribution in [3.8, 4) is 0 Å². The van der Waals surface area contributed by atoms with E-state index in [1.165, 1.54) is 0 Å². The minimum Gasteiger partial charge on any atom is -0.309 e. The first kappa shape index (κ1) is 15.3. The van der Waals surface area contributed by atoms with Gasteiger partial charge >= 0.3 is 0 Å². The number of aryl methyl sites for hydroxylation is 3. The highest BCUT2D eigenvalue weighted by atomic mass is 16.1. The van der Waals surface area contributed by atoms with Gasteiger partial charge in [0.2, 0.25) is 5.91 Å². The Morgan fingerprint density at radius 3 is 2.76 bits per heavy atom. The highest BCUT2D eigenvalue weighted by Crippen LogP contribution is 2.15. The van der Waals surface area contributed by atoms with Crippen molar-refractivity contribution < 1.29 is 4.79 Å². The lowest BCUT2D eigenvalue weighted by atomic mass is 10.1. The van der Waals surface area contributed by atoms with E-state index in [0.29, 0.717) is 18.7 Å². The van der Waals surface area contributed by atoms with Gasteiger partial charge in [0.15, 0.2) is 5.82 Å². The maximum absolute atomic E-state index is 12.0. The third-order valence-electron chi connectivity index (χ3n) is 3.68. The molecule has 2 aromatic rings. The van der Waals surface area contributed by atoms with Crippen LogP contribution < -0.4 is 5.32 Å². The van der Waals surface area contributed by atoms with Crippen LogP contribution in [0.1, 0.15) is 42.4 Å². The maximum atomic E-state index is 12.0. The number of aromatic nitrogens is 4. The van der Waals surface area contributed by atoms with Crippen molar-refractivity contribution in [3.05, 3.63) is 28.7 Å². The molecule has 6 nitrogen and oxygen atoms in total. The topological polar surface area (TPSA) is 75.6 Å². The second-order valence-corrected chi connectivity index (χ2v) is 5.35. The minimum absolute atomic E-state index is 0.0211. The van der Waals surface area contributed by atoms with E-state index >= 15 is 0 Å². The molecule has 2 N–H and O–H groups in total. The molecule has 0 fully saturated rings. The van der Waals surface area contributed by atoms with Crippen LogP contribution in [0.3, 0.4) is 0 Å². The number of rotatable bonds is 6. The van der Waals surface area contributed by atoms with E-state index in [0.717, 1.165) is 35.5 Å². The predicted octanol–water partition coefficient (Wildman–Crippen LogP) is 2.28. The first-order valence-electron chi connectivity index (χ1n) is 7.34. The molecule has 0 saturated carbocycles. The van der Waals surface area contributed by atoms with E-state index in [1.807, 2.05) is 31.6 Å². The lowest BCUT2D eigenvalue weighted by Crippen LogP contribution is -2.13. The van der Waals surface area contributed by atoms with Gasteiger partial charge in [-0.1, -0.05) is 13.3 Å². The van der Waals surface area contributed by atoms with Crippen LogP contribution in [0.5, 0.6) is 0 Å². The zero-order valence-electron chi connectivity index (χ0n) is 13.2. The Kier molecular flexibility index (Phi) is 4.77. The van der Waals surface area contributed by atoms with Gasteiger partial charge in [-0.05, 0) is 32.3 Å². The summed E-state index contributed by atoms with van der Waals surface area (Å²) >= 11 is 0. The van der Waals surface area contributed by atoms with Gasteiger partial charge in [-0.25, -0.2) is 0 Å². The summed E-state index contributed by atoms with van der Waals surface area (Å²) in [6.07, 6.45) is 3.12. The molecule has 6 heteroatoms. The molecule has 0 aliphatic carbocycles. The fraction of sp³-hybridized carbons (Fsp3) is 0.533. The van der Waals surface area contributed by atoms with Crippen molar-refractivity contribution in [3.63, 3.8) is 0 Å². The van der Waals surface area contributed by atoms with E-state index in [-0.39, 0.29) is 5.91 Å². The molecule has 2 rings (SSSR count). The number of nitrogens with zero attached hydrogens (tertiary/aromatic N) is 3. The highest BCUT2D eigenvalue weighted by molar-refractivity contribution is 5.89. The fourth-order valence-corrected chi connectivity index (χ4v) is 2.45. The number of hydrogen-bond donors (Lipinski definition) is 2. The summed E-state index contributed by atoms with van der Waals surface area (Å²) in [6.45, 7) is 6.11. The number of nitrogens with one attached hydrogen (secondary N) is 2. The largest absolute Gasteiger partial charge is 0.309 e. The van der Waals surface area contributed by atoms with E-state index in [9.17, 15) is 4.79 Å². The highest BCUT2D eigenvalue weighted by Gasteiger charge is 2.12. The van der Waals surface area contributed by atoms with Crippen molar-refractivity contribution in [2.45, 2.75) is 46.5 Å². The molecule has 0 spiro atoms. The second kappa shape index (κ2) is 6.56.